The normalized spacial score (nSPS) is 15.8. The molecule has 3 rings (SSSR count). The van der Waals surface area contributed by atoms with E-state index >= 15 is 0 Å². The van der Waals surface area contributed by atoms with Gasteiger partial charge in [0.1, 0.15) is 12.3 Å². The average Bonchev–Trinajstić information content (AvgIpc) is 2.61. The minimum absolute atomic E-state index is 0.103. The van der Waals surface area contributed by atoms with Gasteiger partial charge in [-0.05, 0) is 24.6 Å². The number of hydrogen-bond acceptors (Lipinski definition) is 5. The van der Waals surface area contributed by atoms with E-state index in [9.17, 15) is 9.59 Å². The van der Waals surface area contributed by atoms with Gasteiger partial charge in [-0.25, -0.2) is 9.78 Å². The van der Waals surface area contributed by atoms with E-state index in [1.54, 1.807) is 7.11 Å². The Balaban J connectivity index is 1.68. The van der Waals surface area contributed by atoms with Crippen molar-refractivity contribution in [3.8, 4) is 11.5 Å². The molecule has 1 unspecified atom stereocenters. The van der Waals surface area contributed by atoms with Gasteiger partial charge < -0.3 is 19.9 Å². The lowest BCUT2D eigenvalue weighted by molar-refractivity contribution is 0.0689. The van der Waals surface area contributed by atoms with Gasteiger partial charge in [0.2, 0.25) is 0 Å². The third kappa shape index (κ3) is 3.15. The summed E-state index contributed by atoms with van der Waals surface area (Å²) in [7, 11) is 1.58. The van der Waals surface area contributed by atoms with Crippen LogP contribution in [0.25, 0.3) is 0 Å². The smallest absolute Gasteiger partial charge is 0.354 e. The molecule has 1 aromatic carbocycles. The Hall–Kier alpha value is -3.09. The molecule has 0 fully saturated rings. The fourth-order valence-corrected chi connectivity index (χ4v) is 2.57. The summed E-state index contributed by atoms with van der Waals surface area (Å²) in [5.74, 6) is -0.0729. The molecular formula is C17H16N2O5. The zero-order valence-corrected chi connectivity index (χ0v) is 13.0. The van der Waals surface area contributed by atoms with Crippen molar-refractivity contribution in [2.24, 2.45) is 0 Å². The Kier molecular flexibility index (Phi) is 4.33. The first-order valence-corrected chi connectivity index (χ1v) is 7.37. The van der Waals surface area contributed by atoms with Gasteiger partial charge in [-0.1, -0.05) is 12.1 Å². The fourth-order valence-electron chi connectivity index (χ4n) is 2.57. The van der Waals surface area contributed by atoms with Gasteiger partial charge in [-0.2, -0.15) is 0 Å². The minimum Gasteiger partial charge on any atom is -0.493 e. The molecule has 1 aliphatic rings. The van der Waals surface area contributed by atoms with E-state index in [0.29, 0.717) is 30.1 Å². The van der Waals surface area contributed by atoms with E-state index in [1.807, 2.05) is 18.2 Å². The van der Waals surface area contributed by atoms with Crippen molar-refractivity contribution in [1.29, 1.82) is 0 Å². The molecule has 1 aromatic heterocycles. The number of aromatic nitrogens is 1. The van der Waals surface area contributed by atoms with Gasteiger partial charge >= 0.3 is 5.97 Å². The van der Waals surface area contributed by atoms with E-state index in [2.05, 4.69) is 10.3 Å². The van der Waals surface area contributed by atoms with Gasteiger partial charge in [-0.15, -0.1) is 0 Å². The van der Waals surface area contributed by atoms with E-state index in [1.165, 1.54) is 18.3 Å². The Bertz CT molecular complexity index is 773. The Morgan fingerprint density at radius 2 is 2.17 bits per heavy atom. The molecule has 0 bridgehead atoms. The molecule has 24 heavy (non-hydrogen) atoms. The summed E-state index contributed by atoms with van der Waals surface area (Å²) in [5, 5.41) is 11.7. The molecular weight excluding hydrogens is 312 g/mol. The number of methoxy groups -OCH3 is 1. The number of amides is 1. The maximum atomic E-state index is 12.3. The van der Waals surface area contributed by atoms with Crippen molar-refractivity contribution < 1.29 is 24.2 Å². The molecule has 1 aliphatic heterocycles. The third-order valence-corrected chi connectivity index (χ3v) is 3.76. The quantitative estimate of drug-likeness (QED) is 0.883. The van der Waals surface area contributed by atoms with Gasteiger partial charge in [-0.3, -0.25) is 4.79 Å². The number of para-hydroxylation sites is 1. The number of fused-ring (bicyclic) bond motifs is 1. The van der Waals surface area contributed by atoms with Crippen molar-refractivity contribution in [2.45, 2.75) is 12.5 Å². The fraction of sp³-hybridized carbons (Fsp3) is 0.235. The lowest BCUT2D eigenvalue weighted by atomic mass is 10.0. The topological polar surface area (TPSA) is 97.8 Å². The second-order valence-electron chi connectivity index (χ2n) is 5.37. The summed E-state index contributed by atoms with van der Waals surface area (Å²) in [6, 6.07) is 8.18. The average molecular weight is 328 g/mol. The zero-order chi connectivity index (χ0) is 17.1. The molecule has 2 heterocycles. The molecule has 7 nitrogen and oxygen atoms in total. The van der Waals surface area contributed by atoms with Crippen LogP contribution in [0.5, 0.6) is 11.5 Å². The lowest BCUT2D eigenvalue weighted by Gasteiger charge is -2.27. The molecule has 7 heteroatoms. The Morgan fingerprint density at radius 1 is 1.33 bits per heavy atom. The first kappa shape index (κ1) is 15.8. The SMILES string of the molecule is COc1cccc2c1OCC(NC(=O)c1ccc(C(=O)O)nc1)C2. The van der Waals surface area contributed by atoms with Crippen LogP contribution in [0.4, 0.5) is 0 Å². The highest BCUT2D eigenvalue weighted by Crippen LogP contribution is 2.34. The molecule has 1 amide bonds. The molecule has 0 saturated heterocycles. The van der Waals surface area contributed by atoms with Crippen molar-refractivity contribution in [3.63, 3.8) is 0 Å². The summed E-state index contributed by atoms with van der Waals surface area (Å²) in [6.07, 6.45) is 1.87. The first-order valence-electron chi connectivity index (χ1n) is 7.37. The highest BCUT2D eigenvalue weighted by molar-refractivity contribution is 5.95. The number of hydrogen-bond donors (Lipinski definition) is 2. The predicted octanol–water partition coefficient (Wildman–Crippen LogP) is 1.52. The molecule has 0 saturated carbocycles. The van der Waals surface area contributed by atoms with E-state index in [-0.39, 0.29) is 17.6 Å². The molecule has 0 spiro atoms. The number of pyridine rings is 1. The summed E-state index contributed by atoms with van der Waals surface area (Å²) in [6.45, 7) is 0.333. The summed E-state index contributed by atoms with van der Waals surface area (Å²) in [4.78, 5) is 26.8. The van der Waals surface area contributed by atoms with Crippen LogP contribution in [0.3, 0.4) is 0 Å². The summed E-state index contributed by atoms with van der Waals surface area (Å²) >= 11 is 0. The molecule has 0 aliphatic carbocycles. The van der Waals surface area contributed by atoms with Crippen LogP contribution >= 0.6 is 0 Å². The molecule has 1 atom stereocenters. The van der Waals surface area contributed by atoms with Gasteiger partial charge in [0, 0.05) is 11.8 Å². The van der Waals surface area contributed by atoms with Gasteiger partial charge in [0.05, 0.1) is 18.7 Å². The highest BCUT2D eigenvalue weighted by Gasteiger charge is 2.24. The number of carbonyl (C=O) groups excluding carboxylic acids is 1. The number of rotatable bonds is 4. The van der Waals surface area contributed by atoms with Crippen LogP contribution in [-0.2, 0) is 6.42 Å². The summed E-state index contributed by atoms with van der Waals surface area (Å²) in [5.41, 5.74) is 1.16. The zero-order valence-electron chi connectivity index (χ0n) is 13.0. The van der Waals surface area contributed by atoms with E-state index < -0.39 is 5.97 Å². The largest absolute Gasteiger partial charge is 0.493 e. The van der Waals surface area contributed by atoms with E-state index in [4.69, 9.17) is 14.6 Å². The van der Waals surface area contributed by atoms with Crippen molar-refractivity contribution >= 4 is 11.9 Å². The van der Waals surface area contributed by atoms with Crippen LogP contribution in [0.1, 0.15) is 26.4 Å². The molecule has 2 aromatic rings. The number of carboxylic acid groups (broad SMARTS) is 1. The third-order valence-electron chi connectivity index (χ3n) is 3.76. The van der Waals surface area contributed by atoms with Gasteiger partial charge in [0.15, 0.2) is 11.5 Å². The number of carboxylic acids is 1. The van der Waals surface area contributed by atoms with Crippen molar-refractivity contribution in [3.05, 3.63) is 53.3 Å². The monoisotopic (exact) mass is 328 g/mol. The van der Waals surface area contributed by atoms with Crippen LogP contribution < -0.4 is 14.8 Å². The van der Waals surface area contributed by atoms with Crippen LogP contribution in [0.15, 0.2) is 36.5 Å². The number of nitrogens with zero attached hydrogens (tertiary/aromatic N) is 1. The number of benzene rings is 1. The molecule has 0 radical (unpaired) electrons. The highest BCUT2D eigenvalue weighted by atomic mass is 16.5. The Morgan fingerprint density at radius 3 is 2.83 bits per heavy atom. The summed E-state index contributed by atoms with van der Waals surface area (Å²) < 4.78 is 11.0. The lowest BCUT2D eigenvalue weighted by Crippen LogP contribution is -2.42. The van der Waals surface area contributed by atoms with Crippen LogP contribution in [-0.4, -0.2) is 41.7 Å². The minimum atomic E-state index is -1.13. The number of carbonyl (C=O) groups is 2. The first-order chi connectivity index (χ1) is 11.6. The number of aromatic carboxylic acids is 1. The van der Waals surface area contributed by atoms with Crippen LogP contribution in [0.2, 0.25) is 0 Å². The van der Waals surface area contributed by atoms with E-state index in [0.717, 1.165) is 5.56 Å². The predicted molar refractivity (Wildman–Crippen MR) is 84.6 cm³/mol. The molecule has 124 valence electrons. The van der Waals surface area contributed by atoms with Crippen LogP contribution in [0, 0.1) is 0 Å². The maximum Gasteiger partial charge on any atom is 0.354 e. The molecule has 2 N–H and O–H groups in total. The number of ether oxygens (including phenoxy) is 2. The second-order valence-corrected chi connectivity index (χ2v) is 5.37. The van der Waals surface area contributed by atoms with Crippen molar-refractivity contribution in [1.82, 2.24) is 10.3 Å². The standard InChI is InChI=1S/C17H16N2O5/c1-23-14-4-2-3-10-7-12(9-24-15(10)14)19-16(20)11-5-6-13(17(21)22)18-8-11/h2-6,8,12H,7,9H2,1H3,(H,19,20)(H,21,22). The Labute approximate surface area is 138 Å². The number of nitrogens with one attached hydrogen (secondary N) is 1. The second kappa shape index (κ2) is 6.57. The van der Waals surface area contributed by atoms with Crippen molar-refractivity contribution in [2.75, 3.05) is 13.7 Å². The van der Waals surface area contributed by atoms with Gasteiger partial charge in [0.25, 0.3) is 5.91 Å². The maximum absolute atomic E-state index is 12.3.